The number of aromatic nitrogens is 2. The summed E-state index contributed by atoms with van der Waals surface area (Å²) >= 11 is 0. The second kappa shape index (κ2) is 6.18. The van der Waals surface area contributed by atoms with E-state index in [2.05, 4.69) is 40.8 Å². The molecule has 0 amide bonds. The number of rotatable bonds is 5. The molecule has 0 fully saturated rings. The van der Waals surface area contributed by atoms with Crippen LogP contribution in [0.2, 0.25) is 0 Å². The molecular weight excluding hydrogens is 236 g/mol. The highest BCUT2D eigenvalue weighted by Crippen LogP contribution is 2.16. The van der Waals surface area contributed by atoms with E-state index in [0.717, 1.165) is 36.7 Å². The van der Waals surface area contributed by atoms with Gasteiger partial charge in [0, 0.05) is 30.5 Å². The number of anilines is 2. The van der Waals surface area contributed by atoms with Gasteiger partial charge in [-0.3, -0.25) is 0 Å². The van der Waals surface area contributed by atoms with Gasteiger partial charge in [-0.1, -0.05) is 19.1 Å². The zero-order valence-electron chi connectivity index (χ0n) is 11.5. The fraction of sp³-hybridized carbons (Fsp3) is 0.333. The van der Waals surface area contributed by atoms with Crippen LogP contribution in [0.5, 0.6) is 0 Å². The Morgan fingerprint density at radius 3 is 2.68 bits per heavy atom. The third-order valence-corrected chi connectivity index (χ3v) is 3.10. The first-order chi connectivity index (χ1) is 9.22. The van der Waals surface area contributed by atoms with Gasteiger partial charge in [-0.15, -0.1) is 0 Å². The van der Waals surface area contributed by atoms with Crippen LogP contribution in [-0.4, -0.2) is 16.5 Å². The number of hydrogen-bond acceptors (Lipinski definition) is 4. The van der Waals surface area contributed by atoms with Crippen molar-refractivity contribution in [1.82, 2.24) is 9.97 Å². The van der Waals surface area contributed by atoms with Gasteiger partial charge in [-0.25, -0.2) is 9.97 Å². The van der Waals surface area contributed by atoms with E-state index < -0.39 is 0 Å². The van der Waals surface area contributed by atoms with Crippen molar-refractivity contribution in [2.75, 3.05) is 17.2 Å². The van der Waals surface area contributed by atoms with Crippen molar-refractivity contribution in [3.05, 3.63) is 47.9 Å². The SMILES string of the molecule is CCc1cc(N(CC)Cc2cccc(N)c2)ncn1. The second-order valence-corrected chi connectivity index (χ2v) is 4.48. The summed E-state index contributed by atoms with van der Waals surface area (Å²) in [5.41, 5.74) is 8.87. The van der Waals surface area contributed by atoms with Crippen LogP contribution >= 0.6 is 0 Å². The molecule has 0 aliphatic carbocycles. The zero-order chi connectivity index (χ0) is 13.7. The van der Waals surface area contributed by atoms with Crippen molar-refractivity contribution in [3.8, 4) is 0 Å². The van der Waals surface area contributed by atoms with Gasteiger partial charge in [0.15, 0.2) is 0 Å². The highest BCUT2D eigenvalue weighted by atomic mass is 15.2. The Bertz CT molecular complexity index is 539. The van der Waals surface area contributed by atoms with Crippen LogP contribution in [0.15, 0.2) is 36.7 Å². The maximum atomic E-state index is 5.82. The third kappa shape index (κ3) is 3.44. The molecule has 2 N–H and O–H groups in total. The maximum Gasteiger partial charge on any atom is 0.132 e. The molecule has 0 spiro atoms. The number of nitrogens with zero attached hydrogens (tertiary/aromatic N) is 3. The van der Waals surface area contributed by atoms with E-state index in [1.165, 1.54) is 5.56 Å². The van der Waals surface area contributed by atoms with Crippen LogP contribution in [-0.2, 0) is 13.0 Å². The lowest BCUT2D eigenvalue weighted by molar-refractivity contribution is 0.805. The fourth-order valence-electron chi connectivity index (χ4n) is 2.02. The van der Waals surface area contributed by atoms with Gasteiger partial charge in [0.1, 0.15) is 12.1 Å². The third-order valence-electron chi connectivity index (χ3n) is 3.10. The Morgan fingerprint density at radius 2 is 2.00 bits per heavy atom. The highest BCUT2D eigenvalue weighted by molar-refractivity contribution is 5.44. The van der Waals surface area contributed by atoms with Gasteiger partial charge in [-0.05, 0) is 31.0 Å². The Kier molecular flexibility index (Phi) is 4.34. The van der Waals surface area contributed by atoms with E-state index >= 15 is 0 Å². The smallest absolute Gasteiger partial charge is 0.132 e. The standard InChI is InChI=1S/C15H20N4/c1-3-14-9-15(18-11-17-14)19(4-2)10-12-6-5-7-13(16)8-12/h5-9,11H,3-4,10,16H2,1-2H3. The predicted octanol–water partition coefficient (Wildman–Crippen LogP) is 2.65. The van der Waals surface area contributed by atoms with E-state index in [0.29, 0.717) is 0 Å². The summed E-state index contributed by atoms with van der Waals surface area (Å²) in [7, 11) is 0. The van der Waals surface area contributed by atoms with E-state index in [1.807, 2.05) is 18.2 Å². The Labute approximate surface area is 114 Å². The van der Waals surface area contributed by atoms with Crippen LogP contribution in [0.4, 0.5) is 11.5 Å². The summed E-state index contributed by atoms with van der Waals surface area (Å²) in [6, 6.07) is 10.0. The molecule has 0 radical (unpaired) electrons. The number of hydrogen-bond donors (Lipinski definition) is 1. The number of nitrogens with two attached hydrogens (primary N) is 1. The molecule has 0 bridgehead atoms. The van der Waals surface area contributed by atoms with Crippen molar-refractivity contribution in [2.45, 2.75) is 26.8 Å². The van der Waals surface area contributed by atoms with E-state index in [1.54, 1.807) is 6.33 Å². The average molecular weight is 256 g/mol. The van der Waals surface area contributed by atoms with Crippen molar-refractivity contribution in [1.29, 1.82) is 0 Å². The Balaban J connectivity index is 2.19. The lowest BCUT2D eigenvalue weighted by Gasteiger charge is -2.22. The summed E-state index contributed by atoms with van der Waals surface area (Å²) < 4.78 is 0. The summed E-state index contributed by atoms with van der Waals surface area (Å²) in [4.78, 5) is 10.8. The van der Waals surface area contributed by atoms with E-state index in [9.17, 15) is 0 Å². The second-order valence-electron chi connectivity index (χ2n) is 4.48. The van der Waals surface area contributed by atoms with Gasteiger partial charge < -0.3 is 10.6 Å². The summed E-state index contributed by atoms with van der Waals surface area (Å²) in [5, 5.41) is 0. The lowest BCUT2D eigenvalue weighted by Crippen LogP contribution is -2.23. The van der Waals surface area contributed by atoms with Crippen LogP contribution in [0.25, 0.3) is 0 Å². The normalized spacial score (nSPS) is 10.4. The molecule has 0 aliphatic rings. The lowest BCUT2D eigenvalue weighted by atomic mass is 10.2. The number of benzene rings is 1. The predicted molar refractivity (Wildman–Crippen MR) is 79.0 cm³/mol. The van der Waals surface area contributed by atoms with Crippen molar-refractivity contribution in [3.63, 3.8) is 0 Å². The molecule has 100 valence electrons. The molecule has 4 heteroatoms. The van der Waals surface area contributed by atoms with E-state index in [4.69, 9.17) is 5.73 Å². The minimum atomic E-state index is 0.797. The van der Waals surface area contributed by atoms with Crippen LogP contribution in [0.1, 0.15) is 25.1 Å². The van der Waals surface area contributed by atoms with Gasteiger partial charge in [0.05, 0.1) is 0 Å². The first-order valence-corrected chi connectivity index (χ1v) is 6.63. The molecule has 1 aromatic carbocycles. The molecule has 0 saturated carbocycles. The monoisotopic (exact) mass is 256 g/mol. The van der Waals surface area contributed by atoms with Crippen molar-refractivity contribution >= 4 is 11.5 Å². The van der Waals surface area contributed by atoms with Crippen molar-refractivity contribution < 1.29 is 0 Å². The van der Waals surface area contributed by atoms with Gasteiger partial charge in [0.2, 0.25) is 0 Å². The highest BCUT2D eigenvalue weighted by Gasteiger charge is 2.08. The number of nitrogen functional groups attached to an aromatic ring is 1. The minimum absolute atomic E-state index is 0.797. The van der Waals surface area contributed by atoms with Crippen LogP contribution < -0.4 is 10.6 Å². The molecule has 2 aromatic rings. The fourth-order valence-corrected chi connectivity index (χ4v) is 2.02. The topological polar surface area (TPSA) is 55.0 Å². The maximum absolute atomic E-state index is 5.82. The quantitative estimate of drug-likeness (QED) is 0.836. The molecule has 2 rings (SSSR count). The van der Waals surface area contributed by atoms with Gasteiger partial charge in [-0.2, -0.15) is 0 Å². The summed E-state index contributed by atoms with van der Waals surface area (Å²) in [6.45, 7) is 5.93. The molecule has 0 aliphatic heterocycles. The molecule has 1 aromatic heterocycles. The molecule has 19 heavy (non-hydrogen) atoms. The van der Waals surface area contributed by atoms with Crippen LogP contribution in [0.3, 0.4) is 0 Å². The molecular formula is C15H20N4. The molecule has 0 saturated heterocycles. The average Bonchev–Trinajstić information content (AvgIpc) is 2.45. The molecule has 0 unspecified atom stereocenters. The van der Waals surface area contributed by atoms with E-state index in [-0.39, 0.29) is 0 Å². The Hall–Kier alpha value is -2.10. The minimum Gasteiger partial charge on any atom is -0.399 e. The molecule has 1 heterocycles. The Morgan fingerprint density at radius 1 is 1.16 bits per heavy atom. The molecule has 0 atom stereocenters. The first kappa shape index (κ1) is 13.3. The van der Waals surface area contributed by atoms with Gasteiger partial charge >= 0.3 is 0 Å². The van der Waals surface area contributed by atoms with Gasteiger partial charge in [0.25, 0.3) is 0 Å². The summed E-state index contributed by atoms with van der Waals surface area (Å²) in [6.07, 6.45) is 2.56. The first-order valence-electron chi connectivity index (χ1n) is 6.63. The van der Waals surface area contributed by atoms with Crippen LogP contribution in [0, 0.1) is 0 Å². The molecule has 4 nitrogen and oxygen atoms in total. The largest absolute Gasteiger partial charge is 0.399 e. The zero-order valence-corrected chi connectivity index (χ0v) is 11.5. The van der Waals surface area contributed by atoms with Crippen molar-refractivity contribution in [2.24, 2.45) is 0 Å². The summed E-state index contributed by atoms with van der Waals surface area (Å²) in [5.74, 6) is 0.969. The number of aryl methyl sites for hydroxylation is 1.